The summed E-state index contributed by atoms with van der Waals surface area (Å²) in [6.07, 6.45) is 0. The minimum Gasteiger partial charge on any atom is -0.468 e. The first-order valence-electron chi connectivity index (χ1n) is 6.86. The Bertz CT molecular complexity index is 629. The van der Waals surface area contributed by atoms with Crippen LogP contribution < -0.4 is 5.32 Å². The van der Waals surface area contributed by atoms with Gasteiger partial charge in [0, 0.05) is 16.1 Å². The average Bonchev–Trinajstić information content (AvgIpc) is 2.53. The minimum atomic E-state index is -0.562. The van der Waals surface area contributed by atoms with E-state index in [-0.39, 0.29) is 24.4 Å². The SMILES string of the molecule is COC(=O)C(N[C@H](C)c1ccc(Cl)cc1)c1ccc(Cl)cc1.Cl. The van der Waals surface area contributed by atoms with E-state index in [1.54, 1.807) is 12.1 Å². The largest absolute Gasteiger partial charge is 0.468 e. The normalized spacial score (nSPS) is 12.9. The van der Waals surface area contributed by atoms with E-state index >= 15 is 0 Å². The zero-order valence-corrected chi connectivity index (χ0v) is 15.1. The summed E-state index contributed by atoms with van der Waals surface area (Å²) in [5.74, 6) is -0.344. The number of carbonyl (C=O) groups is 1. The lowest BCUT2D eigenvalue weighted by molar-refractivity contribution is -0.143. The number of hydrogen-bond acceptors (Lipinski definition) is 3. The average molecular weight is 375 g/mol. The summed E-state index contributed by atoms with van der Waals surface area (Å²) in [4.78, 5) is 12.1. The van der Waals surface area contributed by atoms with E-state index in [0.29, 0.717) is 10.0 Å². The maximum atomic E-state index is 12.1. The monoisotopic (exact) mass is 373 g/mol. The fraction of sp³-hybridized carbons (Fsp3) is 0.235. The lowest BCUT2D eigenvalue weighted by Crippen LogP contribution is -2.31. The highest BCUT2D eigenvalue weighted by Gasteiger charge is 2.23. The van der Waals surface area contributed by atoms with E-state index in [1.165, 1.54) is 7.11 Å². The zero-order valence-electron chi connectivity index (χ0n) is 12.8. The number of ether oxygens (including phenoxy) is 1. The van der Waals surface area contributed by atoms with Crippen LogP contribution in [-0.4, -0.2) is 13.1 Å². The molecule has 0 heterocycles. The molecule has 0 aliphatic heterocycles. The molecule has 0 aliphatic rings. The fourth-order valence-electron chi connectivity index (χ4n) is 2.17. The number of methoxy groups -OCH3 is 1. The molecule has 2 aromatic rings. The van der Waals surface area contributed by atoms with Crippen LogP contribution >= 0.6 is 35.6 Å². The Labute approximate surface area is 152 Å². The number of benzene rings is 2. The van der Waals surface area contributed by atoms with Gasteiger partial charge in [-0.05, 0) is 42.3 Å². The Kier molecular flexibility index (Phi) is 7.86. The van der Waals surface area contributed by atoms with Crippen molar-refractivity contribution in [3.05, 3.63) is 69.7 Å². The van der Waals surface area contributed by atoms with Crippen LogP contribution in [0.1, 0.15) is 30.1 Å². The van der Waals surface area contributed by atoms with Gasteiger partial charge in [0.2, 0.25) is 0 Å². The fourth-order valence-corrected chi connectivity index (χ4v) is 2.42. The molecule has 0 saturated carbocycles. The van der Waals surface area contributed by atoms with Crippen molar-refractivity contribution in [1.82, 2.24) is 5.32 Å². The second kappa shape index (κ2) is 9.14. The highest BCUT2D eigenvalue weighted by molar-refractivity contribution is 6.30. The standard InChI is InChI=1S/C17H17Cl2NO2.ClH/c1-11(12-3-7-14(18)8-4-12)20-16(17(21)22-2)13-5-9-15(19)10-6-13;/h3-11,16,20H,1-2H3;1H/t11-,16?;/m1./s1. The smallest absolute Gasteiger partial charge is 0.327 e. The lowest BCUT2D eigenvalue weighted by atomic mass is 10.0. The van der Waals surface area contributed by atoms with E-state index in [4.69, 9.17) is 27.9 Å². The molecular weight excluding hydrogens is 357 g/mol. The Morgan fingerprint density at radius 2 is 1.39 bits per heavy atom. The maximum absolute atomic E-state index is 12.1. The Balaban J connectivity index is 0.00000264. The molecule has 1 unspecified atom stereocenters. The number of rotatable bonds is 5. The second-order valence-corrected chi connectivity index (χ2v) is 5.82. The summed E-state index contributed by atoms with van der Waals surface area (Å²) in [7, 11) is 1.37. The van der Waals surface area contributed by atoms with Crippen LogP contribution in [0.5, 0.6) is 0 Å². The van der Waals surface area contributed by atoms with Crippen molar-refractivity contribution in [2.75, 3.05) is 7.11 Å². The van der Waals surface area contributed by atoms with Crippen molar-refractivity contribution in [3.63, 3.8) is 0 Å². The molecule has 2 rings (SSSR count). The van der Waals surface area contributed by atoms with Gasteiger partial charge in [-0.15, -0.1) is 12.4 Å². The van der Waals surface area contributed by atoms with Crippen molar-refractivity contribution in [2.24, 2.45) is 0 Å². The van der Waals surface area contributed by atoms with Gasteiger partial charge in [0.15, 0.2) is 0 Å². The first kappa shape index (κ1) is 19.8. The van der Waals surface area contributed by atoms with E-state index in [9.17, 15) is 4.79 Å². The summed E-state index contributed by atoms with van der Waals surface area (Å²) >= 11 is 11.8. The third-order valence-electron chi connectivity index (χ3n) is 3.43. The van der Waals surface area contributed by atoms with Crippen LogP contribution in [0.25, 0.3) is 0 Å². The third kappa shape index (κ3) is 5.40. The van der Waals surface area contributed by atoms with Crippen LogP contribution in [0.15, 0.2) is 48.5 Å². The number of halogens is 3. The third-order valence-corrected chi connectivity index (χ3v) is 3.93. The number of nitrogens with one attached hydrogen (secondary N) is 1. The van der Waals surface area contributed by atoms with E-state index < -0.39 is 6.04 Å². The highest BCUT2D eigenvalue weighted by atomic mass is 35.5. The van der Waals surface area contributed by atoms with Gasteiger partial charge in [0.25, 0.3) is 0 Å². The molecule has 3 nitrogen and oxygen atoms in total. The van der Waals surface area contributed by atoms with Crippen molar-refractivity contribution in [1.29, 1.82) is 0 Å². The summed E-state index contributed by atoms with van der Waals surface area (Å²) in [6.45, 7) is 1.98. The van der Waals surface area contributed by atoms with Gasteiger partial charge in [0.05, 0.1) is 7.11 Å². The molecule has 0 spiro atoms. The van der Waals surface area contributed by atoms with E-state index in [0.717, 1.165) is 11.1 Å². The van der Waals surface area contributed by atoms with Gasteiger partial charge in [-0.25, -0.2) is 4.79 Å². The Hall–Kier alpha value is -1.26. The quantitative estimate of drug-likeness (QED) is 0.750. The van der Waals surface area contributed by atoms with Gasteiger partial charge in [-0.2, -0.15) is 0 Å². The molecule has 0 aromatic heterocycles. The second-order valence-electron chi connectivity index (χ2n) is 4.95. The molecule has 0 aliphatic carbocycles. The number of carbonyl (C=O) groups excluding carboxylic acids is 1. The van der Waals surface area contributed by atoms with Crippen LogP contribution in [0.2, 0.25) is 10.0 Å². The summed E-state index contributed by atoms with van der Waals surface area (Å²) in [5, 5.41) is 4.58. The maximum Gasteiger partial charge on any atom is 0.327 e. The minimum absolute atomic E-state index is 0. The van der Waals surface area contributed by atoms with Gasteiger partial charge < -0.3 is 4.74 Å². The van der Waals surface area contributed by atoms with E-state index in [1.807, 2.05) is 43.3 Å². The van der Waals surface area contributed by atoms with Crippen LogP contribution in [0, 0.1) is 0 Å². The molecule has 2 aromatic carbocycles. The predicted molar refractivity (Wildman–Crippen MR) is 96.5 cm³/mol. The number of esters is 1. The number of hydrogen-bond donors (Lipinski definition) is 1. The van der Waals surface area contributed by atoms with Crippen LogP contribution in [0.4, 0.5) is 0 Å². The topological polar surface area (TPSA) is 38.3 Å². The van der Waals surface area contributed by atoms with Crippen molar-refractivity contribution < 1.29 is 9.53 Å². The summed E-state index contributed by atoms with van der Waals surface area (Å²) in [6, 6.07) is 14.0. The molecular formula is C17H18Cl3NO2. The van der Waals surface area contributed by atoms with E-state index in [2.05, 4.69) is 5.32 Å². The first-order valence-corrected chi connectivity index (χ1v) is 7.61. The summed E-state index contributed by atoms with van der Waals surface area (Å²) in [5.41, 5.74) is 1.84. The Morgan fingerprint density at radius 1 is 0.957 bits per heavy atom. The van der Waals surface area contributed by atoms with Crippen LogP contribution in [-0.2, 0) is 9.53 Å². The molecule has 1 N–H and O–H groups in total. The summed E-state index contributed by atoms with van der Waals surface area (Å²) < 4.78 is 4.90. The molecule has 0 radical (unpaired) electrons. The molecule has 0 saturated heterocycles. The van der Waals surface area contributed by atoms with Crippen molar-refractivity contribution in [3.8, 4) is 0 Å². The zero-order chi connectivity index (χ0) is 16.1. The molecule has 2 atom stereocenters. The van der Waals surface area contributed by atoms with Crippen molar-refractivity contribution >= 4 is 41.6 Å². The molecule has 0 fully saturated rings. The molecule has 6 heteroatoms. The van der Waals surface area contributed by atoms with Gasteiger partial charge in [-0.3, -0.25) is 5.32 Å². The van der Waals surface area contributed by atoms with Gasteiger partial charge in [0.1, 0.15) is 6.04 Å². The molecule has 124 valence electrons. The lowest BCUT2D eigenvalue weighted by Gasteiger charge is -2.22. The highest BCUT2D eigenvalue weighted by Crippen LogP contribution is 2.23. The molecule has 0 amide bonds. The molecule has 23 heavy (non-hydrogen) atoms. The van der Waals surface area contributed by atoms with Gasteiger partial charge >= 0.3 is 5.97 Å². The Morgan fingerprint density at radius 3 is 1.83 bits per heavy atom. The van der Waals surface area contributed by atoms with Crippen molar-refractivity contribution in [2.45, 2.75) is 19.0 Å². The molecule has 0 bridgehead atoms. The van der Waals surface area contributed by atoms with Crippen LogP contribution in [0.3, 0.4) is 0 Å². The predicted octanol–water partition coefficient (Wildman–Crippen LogP) is 4.98. The van der Waals surface area contributed by atoms with Gasteiger partial charge in [-0.1, -0.05) is 47.5 Å². The first-order chi connectivity index (χ1) is 10.5.